The van der Waals surface area contributed by atoms with Crippen LogP contribution >= 0.6 is 15.9 Å². The van der Waals surface area contributed by atoms with E-state index in [1.54, 1.807) is 20.4 Å². The van der Waals surface area contributed by atoms with Crippen molar-refractivity contribution in [3.63, 3.8) is 0 Å². The van der Waals surface area contributed by atoms with Crippen LogP contribution in [-0.4, -0.2) is 30.7 Å². The zero-order valence-electron chi connectivity index (χ0n) is 11.6. The summed E-state index contributed by atoms with van der Waals surface area (Å²) in [6, 6.07) is 4.00. The van der Waals surface area contributed by atoms with Crippen molar-refractivity contribution in [1.29, 1.82) is 0 Å². The number of rotatable bonds is 7. The van der Waals surface area contributed by atoms with Crippen molar-refractivity contribution in [2.75, 3.05) is 20.8 Å². The summed E-state index contributed by atoms with van der Waals surface area (Å²) < 4.78 is 11.5. The smallest absolute Gasteiger partial charge is 0.174 e. The predicted molar refractivity (Wildman–Crippen MR) is 81.2 cm³/mol. The van der Waals surface area contributed by atoms with Gasteiger partial charge in [0, 0.05) is 31.9 Å². The van der Waals surface area contributed by atoms with Crippen LogP contribution in [0.1, 0.15) is 11.4 Å². The van der Waals surface area contributed by atoms with E-state index in [0.29, 0.717) is 5.75 Å². The number of aromatic amines is 1. The summed E-state index contributed by atoms with van der Waals surface area (Å²) in [5, 5.41) is 3.38. The minimum atomic E-state index is 0.715. The van der Waals surface area contributed by atoms with Gasteiger partial charge in [-0.05, 0) is 33.6 Å². The first-order valence-electron chi connectivity index (χ1n) is 6.34. The molecule has 0 saturated carbocycles. The molecule has 6 heteroatoms. The van der Waals surface area contributed by atoms with Crippen molar-refractivity contribution in [2.45, 2.75) is 13.0 Å². The number of hydrogen-bond acceptors (Lipinski definition) is 4. The van der Waals surface area contributed by atoms with E-state index >= 15 is 0 Å². The molecule has 5 nitrogen and oxygen atoms in total. The maximum atomic E-state index is 5.33. The molecule has 2 aromatic rings. The number of nitrogens with zero attached hydrogens (tertiary/aromatic N) is 1. The van der Waals surface area contributed by atoms with Crippen LogP contribution in [0.5, 0.6) is 11.5 Å². The van der Waals surface area contributed by atoms with Gasteiger partial charge in [0.05, 0.1) is 18.7 Å². The Morgan fingerprint density at radius 2 is 2.15 bits per heavy atom. The van der Waals surface area contributed by atoms with Crippen LogP contribution in [0.2, 0.25) is 0 Å². The predicted octanol–water partition coefficient (Wildman–Crippen LogP) is 2.52. The Balaban J connectivity index is 1.91. The van der Waals surface area contributed by atoms with Crippen LogP contribution in [-0.2, 0) is 13.0 Å². The van der Waals surface area contributed by atoms with Crippen LogP contribution in [0.4, 0.5) is 0 Å². The number of imidazole rings is 1. The standard InChI is InChI=1S/C14H18BrN3O2/c1-19-12-8-10(7-11(15)14(12)20-2)9-16-4-3-13-17-5-6-18-13/h5-8,16H,3-4,9H2,1-2H3,(H,17,18). The molecule has 108 valence electrons. The first kappa shape index (κ1) is 14.9. The summed E-state index contributed by atoms with van der Waals surface area (Å²) >= 11 is 3.49. The molecule has 0 aliphatic carbocycles. The Morgan fingerprint density at radius 1 is 1.30 bits per heavy atom. The van der Waals surface area contributed by atoms with Crippen LogP contribution in [0.25, 0.3) is 0 Å². The lowest BCUT2D eigenvalue weighted by Gasteiger charge is -2.12. The van der Waals surface area contributed by atoms with Crippen LogP contribution in [0.3, 0.4) is 0 Å². The highest BCUT2D eigenvalue weighted by Crippen LogP contribution is 2.36. The molecule has 0 saturated heterocycles. The normalized spacial score (nSPS) is 10.6. The van der Waals surface area contributed by atoms with Crippen LogP contribution in [0.15, 0.2) is 29.0 Å². The Hall–Kier alpha value is -1.53. The molecule has 1 heterocycles. The second-order valence-corrected chi connectivity index (χ2v) is 5.13. The Bertz CT molecular complexity index is 544. The first-order valence-corrected chi connectivity index (χ1v) is 7.13. The lowest BCUT2D eigenvalue weighted by molar-refractivity contribution is 0.352. The summed E-state index contributed by atoms with van der Waals surface area (Å²) in [7, 11) is 3.27. The fourth-order valence-corrected chi connectivity index (χ4v) is 2.60. The van der Waals surface area contributed by atoms with E-state index in [9.17, 15) is 0 Å². The highest BCUT2D eigenvalue weighted by molar-refractivity contribution is 9.10. The number of methoxy groups -OCH3 is 2. The number of hydrogen-bond donors (Lipinski definition) is 2. The van der Waals surface area contributed by atoms with Gasteiger partial charge in [-0.25, -0.2) is 4.98 Å². The number of H-pyrrole nitrogens is 1. The van der Waals surface area contributed by atoms with Gasteiger partial charge in [-0.3, -0.25) is 0 Å². The average molecular weight is 340 g/mol. The van der Waals surface area contributed by atoms with Gasteiger partial charge in [-0.15, -0.1) is 0 Å². The van der Waals surface area contributed by atoms with Gasteiger partial charge in [-0.2, -0.15) is 0 Å². The van der Waals surface area contributed by atoms with Crippen molar-refractivity contribution in [2.24, 2.45) is 0 Å². The molecule has 0 aliphatic rings. The number of halogens is 1. The molecule has 0 atom stereocenters. The van der Waals surface area contributed by atoms with Crippen LogP contribution < -0.4 is 14.8 Å². The lowest BCUT2D eigenvalue weighted by atomic mass is 10.2. The zero-order chi connectivity index (χ0) is 14.4. The maximum absolute atomic E-state index is 5.33. The third-order valence-corrected chi connectivity index (χ3v) is 3.50. The van der Waals surface area contributed by atoms with Crippen molar-refractivity contribution in [1.82, 2.24) is 15.3 Å². The molecule has 0 spiro atoms. The van der Waals surface area contributed by atoms with Gasteiger partial charge in [0.15, 0.2) is 11.5 Å². The minimum absolute atomic E-state index is 0.715. The highest BCUT2D eigenvalue weighted by atomic mass is 79.9. The zero-order valence-corrected chi connectivity index (χ0v) is 13.2. The summed E-state index contributed by atoms with van der Waals surface area (Å²) in [6.07, 6.45) is 4.48. The molecule has 0 radical (unpaired) electrons. The van der Waals surface area contributed by atoms with Crippen molar-refractivity contribution in [3.8, 4) is 11.5 Å². The first-order chi connectivity index (χ1) is 9.74. The second kappa shape index (κ2) is 7.31. The van der Waals surface area contributed by atoms with E-state index < -0.39 is 0 Å². The third kappa shape index (κ3) is 3.74. The van der Waals surface area contributed by atoms with Gasteiger partial charge in [0.25, 0.3) is 0 Å². The molecule has 0 bridgehead atoms. The fraction of sp³-hybridized carbons (Fsp3) is 0.357. The third-order valence-electron chi connectivity index (χ3n) is 2.92. The number of aromatic nitrogens is 2. The quantitative estimate of drug-likeness (QED) is 0.761. The Labute approximate surface area is 126 Å². The van der Waals surface area contributed by atoms with Gasteiger partial charge >= 0.3 is 0 Å². The Morgan fingerprint density at radius 3 is 2.80 bits per heavy atom. The van der Waals surface area contributed by atoms with E-state index in [1.165, 1.54) is 0 Å². The molecule has 2 rings (SSSR count). The monoisotopic (exact) mass is 339 g/mol. The maximum Gasteiger partial charge on any atom is 0.174 e. The minimum Gasteiger partial charge on any atom is -0.493 e. The molecule has 2 N–H and O–H groups in total. The molecule has 1 aromatic heterocycles. The lowest BCUT2D eigenvalue weighted by Crippen LogP contribution is -2.17. The van der Waals surface area contributed by atoms with Crippen molar-refractivity contribution < 1.29 is 9.47 Å². The number of nitrogens with one attached hydrogen (secondary N) is 2. The Kier molecular flexibility index (Phi) is 5.43. The van der Waals surface area contributed by atoms with Gasteiger partial charge in [0.1, 0.15) is 5.82 Å². The largest absolute Gasteiger partial charge is 0.493 e. The highest BCUT2D eigenvalue weighted by Gasteiger charge is 2.10. The second-order valence-electron chi connectivity index (χ2n) is 4.28. The van der Waals surface area contributed by atoms with Crippen LogP contribution in [0, 0.1) is 0 Å². The van der Waals surface area contributed by atoms with Gasteiger partial charge < -0.3 is 19.8 Å². The van der Waals surface area contributed by atoms with Crippen molar-refractivity contribution in [3.05, 3.63) is 40.4 Å². The fourth-order valence-electron chi connectivity index (χ4n) is 1.95. The summed E-state index contributed by atoms with van der Waals surface area (Å²) in [5.74, 6) is 2.43. The number of benzene rings is 1. The topological polar surface area (TPSA) is 59.2 Å². The summed E-state index contributed by atoms with van der Waals surface area (Å²) in [6.45, 7) is 1.62. The van der Waals surface area contributed by atoms with Gasteiger partial charge in [-0.1, -0.05) is 0 Å². The van der Waals surface area contributed by atoms with E-state index in [2.05, 4.69) is 31.2 Å². The van der Waals surface area contributed by atoms with E-state index in [4.69, 9.17) is 9.47 Å². The molecule has 0 unspecified atom stereocenters. The molecule has 0 fully saturated rings. The molecular formula is C14H18BrN3O2. The summed E-state index contributed by atoms with van der Waals surface area (Å²) in [5.41, 5.74) is 1.13. The average Bonchev–Trinajstić information content (AvgIpc) is 2.96. The van der Waals surface area contributed by atoms with Gasteiger partial charge in [0.2, 0.25) is 0 Å². The van der Waals surface area contributed by atoms with Crippen molar-refractivity contribution >= 4 is 15.9 Å². The van der Waals surface area contributed by atoms with E-state index in [0.717, 1.165) is 41.1 Å². The molecule has 0 amide bonds. The molecule has 0 aliphatic heterocycles. The summed E-state index contributed by atoms with van der Waals surface area (Å²) in [4.78, 5) is 7.27. The van der Waals surface area contributed by atoms with E-state index in [-0.39, 0.29) is 0 Å². The van der Waals surface area contributed by atoms with E-state index in [1.807, 2.05) is 18.3 Å². The molecular weight excluding hydrogens is 322 g/mol. The number of ether oxygens (including phenoxy) is 2. The molecule has 1 aromatic carbocycles. The SMILES string of the molecule is COc1cc(CNCCc2ncc[nH]2)cc(Br)c1OC. The molecule has 20 heavy (non-hydrogen) atoms.